The van der Waals surface area contributed by atoms with E-state index in [1.165, 1.54) is 24.6 Å². The first-order chi connectivity index (χ1) is 7.77. The zero-order chi connectivity index (χ0) is 13.6. The van der Waals surface area contributed by atoms with E-state index in [-0.39, 0.29) is 0 Å². The molecule has 0 aliphatic heterocycles. The molecule has 98 valence electrons. The minimum atomic E-state index is -1.23. The van der Waals surface area contributed by atoms with Crippen molar-refractivity contribution in [2.24, 2.45) is 0 Å². The van der Waals surface area contributed by atoms with Gasteiger partial charge in [-0.25, -0.2) is 0 Å². The predicted molar refractivity (Wildman–Crippen MR) is 86.8 cm³/mol. The molecule has 0 aromatic heterocycles. The molecule has 0 aliphatic rings. The van der Waals surface area contributed by atoms with Crippen LogP contribution in [0.25, 0.3) is 0 Å². The second-order valence-electron chi connectivity index (χ2n) is 6.28. The van der Waals surface area contributed by atoms with Crippen molar-refractivity contribution in [3.05, 3.63) is 22.3 Å². The smallest absolute Gasteiger partial charge is 0.102 e. The Morgan fingerprint density at radius 2 is 1.47 bits per heavy atom. The summed E-state index contributed by atoms with van der Waals surface area (Å²) >= 11 is 0. The van der Waals surface area contributed by atoms with Crippen LogP contribution in [0.5, 0.6) is 0 Å². The topological polar surface area (TPSA) is 0 Å². The fourth-order valence-corrected chi connectivity index (χ4v) is 4.63. The lowest BCUT2D eigenvalue weighted by Gasteiger charge is -2.26. The molecule has 0 aliphatic carbocycles. The first kappa shape index (κ1) is 16.8. The zero-order valence-corrected chi connectivity index (χ0v) is 14.3. The van der Waals surface area contributed by atoms with Gasteiger partial charge < -0.3 is 0 Å². The molecule has 0 amide bonds. The highest BCUT2D eigenvalue weighted by Gasteiger charge is 2.25. The SMILES string of the molecule is CCB(CC)/C(CC)=C(\C=C(C)C)[Si](C)(C)C. The minimum absolute atomic E-state index is 0.789. The first-order valence-electron chi connectivity index (χ1n) is 7.16. The average Bonchev–Trinajstić information content (AvgIpc) is 2.21. The third kappa shape index (κ3) is 5.29. The summed E-state index contributed by atoms with van der Waals surface area (Å²) in [5, 5.41) is 1.70. The Morgan fingerprint density at radius 1 is 1.00 bits per heavy atom. The molecule has 0 rings (SSSR count). The van der Waals surface area contributed by atoms with E-state index in [1.807, 2.05) is 0 Å². The molecular formula is C15H31BSi. The van der Waals surface area contributed by atoms with Crippen molar-refractivity contribution in [2.75, 3.05) is 0 Å². The lowest BCUT2D eigenvalue weighted by Crippen LogP contribution is -2.29. The van der Waals surface area contributed by atoms with Crippen LogP contribution in [-0.2, 0) is 0 Å². The standard InChI is InChI=1S/C15H31BSi/c1-9-14(16(10-2)11-3)15(12-13(4)5)17(6,7)8/h12H,9-11H2,1-8H3/b15-14+. The van der Waals surface area contributed by atoms with E-state index >= 15 is 0 Å². The average molecular weight is 250 g/mol. The fourth-order valence-electron chi connectivity index (χ4n) is 2.56. The van der Waals surface area contributed by atoms with Crippen molar-refractivity contribution in [1.82, 2.24) is 0 Å². The predicted octanol–water partition coefficient (Wildman–Crippen LogP) is 5.61. The Hall–Kier alpha value is -0.238. The largest absolute Gasteiger partial charge is 0.169 e. The van der Waals surface area contributed by atoms with Gasteiger partial charge in [-0.05, 0) is 20.3 Å². The monoisotopic (exact) mass is 250 g/mol. The van der Waals surface area contributed by atoms with Crippen LogP contribution >= 0.6 is 0 Å². The van der Waals surface area contributed by atoms with Crippen LogP contribution in [0.4, 0.5) is 0 Å². The summed E-state index contributed by atoms with van der Waals surface area (Å²) in [6.07, 6.45) is 6.24. The lowest BCUT2D eigenvalue weighted by atomic mass is 9.40. The van der Waals surface area contributed by atoms with Crippen molar-refractivity contribution < 1.29 is 0 Å². The van der Waals surface area contributed by atoms with Gasteiger partial charge in [0, 0.05) is 0 Å². The van der Waals surface area contributed by atoms with Gasteiger partial charge >= 0.3 is 0 Å². The molecule has 0 spiro atoms. The molecular weight excluding hydrogens is 219 g/mol. The van der Waals surface area contributed by atoms with Crippen molar-refractivity contribution in [3.63, 3.8) is 0 Å². The van der Waals surface area contributed by atoms with Crippen molar-refractivity contribution >= 4 is 14.8 Å². The maximum absolute atomic E-state index is 2.47. The Labute approximate surface area is 111 Å². The van der Waals surface area contributed by atoms with E-state index in [0.717, 1.165) is 6.71 Å². The molecule has 0 atom stereocenters. The zero-order valence-electron chi connectivity index (χ0n) is 13.3. The van der Waals surface area contributed by atoms with E-state index in [1.54, 1.807) is 10.7 Å². The minimum Gasteiger partial charge on any atom is -0.102 e. The number of rotatable bonds is 6. The van der Waals surface area contributed by atoms with Gasteiger partial charge in [0.15, 0.2) is 6.71 Å². The molecule has 0 nitrogen and oxygen atoms in total. The van der Waals surface area contributed by atoms with E-state index in [0.29, 0.717) is 0 Å². The van der Waals surface area contributed by atoms with Gasteiger partial charge in [-0.1, -0.05) is 69.9 Å². The van der Waals surface area contributed by atoms with Crippen LogP contribution in [0.1, 0.15) is 41.0 Å². The van der Waals surface area contributed by atoms with Gasteiger partial charge in [-0.15, -0.1) is 5.47 Å². The highest BCUT2D eigenvalue weighted by Crippen LogP contribution is 2.27. The molecule has 0 fully saturated rings. The molecule has 2 heteroatoms. The summed E-state index contributed by atoms with van der Waals surface area (Å²) in [7, 11) is -1.23. The summed E-state index contributed by atoms with van der Waals surface area (Å²) in [5.74, 6) is 0. The molecule has 0 heterocycles. The molecule has 0 saturated heterocycles. The van der Waals surface area contributed by atoms with Crippen LogP contribution in [0.3, 0.4) is 0 Å². The van der Waals surface area contributed by atoms with Crippen LogP contribution in [0, 0.1) is 0 Å². The van der Waals surface area contributed by atoms with Gasteiger partial charge in [-0.2, -0.15) is 0 Å². The van der Waals surface area contributed by atoms with Gasteiger partial charge in [0.05, 0.1) is 8.07 Å². The van der Waals surface area contributed by atoms with Crippen molar-refractivity contribution in [1.29, 1.82) is 0 Å². The van der Waals surface area contributed by atoms with Crippen LogP contribution in [-0.4, -0.2) is 14.8 Å². The van der Waals surface area contributed by atoms with Crippen molar-refractivity contribution in [3.8, 4) is 0 Å². The van der Waals surface area contributed by atoms with Gasteiger partial charge in [0.2, 0.25) is 0 Å². The molecule has 0 radical (unpaired) electrons. The normalized spacial score (nSPS) is 13.2. The second kappa shape index (κ2) is 7.25. The highest BCUT2D eigenvalue weighted by atomic mass is 28.3. The maximum atomic E-state index is 2.47. The molecule has 0 bridgehead atoms. The van der Waals surface area contributed by atoms with Crippen LogP contribution in [0.15, 0.2) is 22.3 Å². The van der Waals surface area contributed by atoms with E-state index < -0.39 is 8.07 Å². The molecule has 0 saturated carbocycles. The molecule has 17 heavy (non-hydrogen) atoms. The Bertz CT molecular complexity index is 287. The highest BCUT2D eigenvalue weighted by molar-refractivity contribution is 6.85. The van der Waals surface area contributed by atoms with Gasteiger partial charge in [-0.3, -0.25) is 0 Å². The quantitative estimate of drug-likeness (QED) is 0.424. The van der Waals surface area contributed by atoms with E-state index in [4.69, 9.17) is 0 Å². The molecule has 0 aromatic rings. The first-order valence-corrected chi connectivity index (χ1v) is 10.7. The summed E-state index contributed by atoms with van der Waals surface area (Å²) in [6, 6.07) is 0. The van der Waals surface area contributed by atoms with Gasteiger partial charge in [0.25, 0.3) is 0 Å². The van der Waals surface area contributed by atoms with Crippen molar-refractivity contribution in [2.45, 2.75) is 73.3 Å². The number of allylic oxidation sites excluding steroid dienone is 4. The third-order valence-corrected chi connectivity index (χ3v) is 5.53. The number of hydrogen-bond acceptors (Lipinski definition) is 0. The Morgan fingerprint density at radius 3 is 1.71 bits per heavy atom. The maximum Gasteiger partial charge on any atom is 0.169 e. The van der Waals surface area contributed by atoms with Gasteiger partial charge in [0.1, 0.15) is 0 Å². The van der Waals surface area contributed by atoms with Crippen LogP contribution in [0.2, 0.25) is 32.3 Å². The third-order valence-electron chi connectivity index (χ3n) is 3.45. The number of hydrogen-bond donors (Lipinski definition) is 0. The molecule has 0 aromatic carbocycles. The summed E-state index contributed by atoms with van der Waals surface area (Å²) in [4.78, 5) is 0. The summed E-state index contributed by atoms with van der Waals surface area (Å²) < 4.78 is 0. The van der Waals surface area contributed by atoms with E-state index in [9.17, 15) is 0 Å². The fraction of sp³-hybridized carbons (Fsp3) is 0.733. The van der Waals surface area contributed by atoms with E-state index in [2.05, 4.69) is 60.3 Å². The Balaban J connectivity index is 5.69. The van der Waals surface area contributed by atoms with Crippen LogP contribution < -0.4 is 0 Å². The summed E-state index contributed by atoms with van der Waals surface area (Å²) in [5.41, 5.74) is 3.18. The molecule has 0 unspecified atom stereocenters. The lowest BCUT2D eigenvalue weighted by molar-refractivity contribution is 1.14. The Kier molecular flexibility index (Phi) is 7.15. The second-order valence-corrected chi connectivity index (χ2v) is 11.3. The summed E-state index contributed by atoms with van der Waals surface area (Å²) in [6.45, 7) is 19.6. The molecule has 0 N–H and O–H groups in total.